The van der Waals surface area contributed by atoms with Crippen molar-refractivity contribution >= 4 is 22.9 Å². The van der Waals surface area contributed by atoms with E-state index in [2.05, 4.69) is 30.1 Å². The van der Waals surface area contributed by atoms with Gasteiger partial charge >= 0.3 is 0 Å². The maximum atomic E-state index is 5.91. The zero-order valence-corrected chi connectivity index (χ0v) is 12.9. The lowest BCUT2D eigenvalue weighted by Gasteiger charge is -2.36. The summed E-state index contributed by atoms with van der Waals surface area (Å²) in [6, 6.07) is 4.82. The number of nitrogens with zero attached hydrogens (tertiary/aromatic N) is 1. The van der Waals surface area contributed by atoms with E-state index in [-0.39, 0.29) is 0 Å². The molecule has 1 aromatic heterocycles. The fraction of sp³-hybridized carbons (Fsp3) is 0.714. The Hall–Kier alpha value is -0.0900. The molecule has 0 aromatic carbocycles. The van der Waals surface area contributed by atoms with Gasteiger partial charge in [-0.15, -0.1) is 11.3 Å². The number of piperidine rings is 1. The number of rotatable bonds is 5. The number of nitrogens with one attached hydrogen (secondary N) is 1. The van der Waals surface area contributed by atoms with Crippen molar-refractivity contribution in [2.24, 2.45) is 5.92 Å². The molecule has 1 saturated heterocycles. The summed E-state index contributed by atoms with van der Waals surface area (Å²) in [5.41, 5.74) is 0. The number of hydrogen-bond acceptors (Lipinski definition) is 3. The zero-order valence-electron chi connectivity index (χ0n) is 11.3. The minimum absolute atomic E-state index is 0.749. The van der Waals surface area contributed by atoms with Gasteiger partial charge in [0.05, 0.1) is 4.34 Å². The van der Waals surface area contributed by atoms with Gasteiger partial charge in [-0.3, -0.25) is 4.90 Å². The minimum atomic E-state index is 0.749. The second-order valence-corrected chi connectivity index (χ2v) is 7.21. The first kappa shape index (κ1) is 14.3. The summed E-state index contributed by atoms with van der Waals surface area (Å²) in [5.74, 6) is 0.859. The minimum Gasteiger partial charge on any atom is -0.311 e. The number of hydrogen-bond donors (Lipinski definition) is 1. The molecule has 1 fully saturated rings. The van der Waals surface area contributed by atoms with Gasteiger partial charge in [0.25, 0.3) is 0 Å². The lowest BCUT2D eigenvalue weighted by Crippen LogP contribution is -2.44. The van der Waals surface area contributed by atoms with E-state index in [1.54, 1.807) is 11.3 Å². The molecule has 2 rings (SSSR count). The Bertz CT molecular complexity index is 366. The van der Waals surface area contributed by atoms with Gasteiger partial charge < -0.3 is 5.32 Å². The second kappa shape index (κ2) is 6.90. The molecule has 0 aliphatic carbocycles. The lowest BCUT2D eigenvalue weighted by atomic mass is 9.95. The quantitative estimate of drug-likeness (QED) is 0.832. The van der Waals surface area contributed by atoms with Gasteiger partial charge in [0.1, 0.15) is 0 Å². The van der Waals surface area contributed by atoms with E-state index in [0.717, 1.165) is 35.9 Å². The highest BCUT2D eigenvalue weighted by Gasteiger charge is 2.21. The molecule has 1 aliphatic rings. The molecule has 0 bridgehead atoms. The largest absolute Gasteiger partial charge is 0.311 e. The molecule has 0 saturated carbocycles. The van der Waals surface area contributed by atoms with Crippen LogP contribution in [0.4, 0.5) is 0 Å². The van der Waals surface area contributed by atoms with Crippen molar-refractivity contribution in [1.82, 2.24) is 10.2 Å². The Labute approximate surface area is 119 Å². The van der Waals surface area contributed by atoms with Crippen LogP contribution in [0.5, 0.6) is 0 Å². The van der Waals surface area contributed by atoms with Crippen LogP contribution in [0.2, 0.25) is 4.34 Å². The van der Waals surface area contributed by atoms with Gasteiger partial charge in [-0.05, 0) is 37.8 Å². The van der Waals surface area contributed by atoms with E-state index in [4.69, 9.17) is 11.6 Å². The molecule has 2 nitrogen and oxygen atoms in total. The highest BCUT2D eigenvalue weighted by molar-refractivity contribution is 7.16. The fourth-order valence-corrected chi connectivity index (χ4v) is 3.63. The topological polar surface area (TPSA) is 15.3 Å². The van der Waals surface area contributed by atoms with Crippen molar-refractivity contribution in [3.8, 4) is 0 Å². The van der Waals surface area contributed by atoms with Gasteiger partial charge in [-0.2, -0.15) is 0 Å². The highest BCUT2D eigenvalue weighted by atomic mass is 35.5. The first-order valence-corrected chi connectivity index (χ1v) is 8.03. The second-order valence-electron chi connectivity index (χ2n) is 5.41. The van der Waals surface area contributed by atoms with E-state index in [1.165, 1.54) is 24.3 Å². The Morgan fingerprint density at radius 2 is 2.22 bits per heavy atom. The van der Waals surface area contributed by atoms with Crippen LogP contribution in [0.1, 0.15) is 31.6 Å². The average molecular weight is 287 g/mol. The molecule has 102 valence electrons. The molecule has 2 heterocycles. The molecular weight excluding hydrogens is 264 g/mol. The zero-order chi connectivity index (χ0) is 13.0. The molecular formula is C14H23ClN2S. The molecule has 1 aromatic rings. The van der Waals surface area contributed by atoms with Crippen LogP contribution >= 0.6 is 22.9 Å². The Balaban J connectivity index is 1.65. The Kier molecular flexibility index (Phi) is 5.49. The third-order valence-electron chi connectivity index (χ3n) is 3.75. The van der Waals surface area contributed by atoms with Crippen LogP contribution in [0.3, 0.4) is 0 Å². The molecule has 1 aliphatic heterocycles. The number of thiophene rings is 1. The van der Waals surface area contributed by atoms with Crippen LogP contribution in [-0.4, -0.2) is 30.6 Å². The van der Waals surface area contributed by atoms with Crippen molar-refractivity contribution in [1.29, 1.82) is 0 Å². The summed E-state index contributed by atoms with van der Waals surface area (Å²) >= 11 is 7.58. The third-order valence-corrected chi connectivity index (χ3v) is 4.98. The van der Waals surface area contributed by atoms with Crippen molar-refractivity contribution in [3.05, 3.63) is 21.3 Å². The summed E-state index contributed by atoms with van der Waals surface area (Å²) in [7, 11) is 0. The van der Waals surface area contributed by atoms with Gasteiger partial charge in [0.2, 0.25) is 0 Å². The first-order chi connectivity index (χ1) is 8.65. The summed E-state index contributed by atoms with van der Waals surface area (Å²) in [5, 5.41) is 3.51. The van der Waals surface area contributed by atoms with Crippen LogP contribution in [0.15, 0.2) is 12.1 Å². The summed E-state index contributed by atoms with van der Waals surface area (Å²) in [6.45, 7) is 9.13. The molecule has 18 heavy (non-hydrogen) atoms. The van der Waals surface area contributed by atoms with Crippen molar-refractivity contribution in [3.63, 3.8) is 0 Å². The van der Waals surface area contributed by atoms with Crippen LogP contribution < -0.4 is 5.32 Å². The average Bonchev–Trinajstić information content (AvgIpc) is 2.75. The SMILES string of the molecule is CC1CCC(C)N(CCNCc2ccc(Cl)s2)C1. The fourth-order valence-electron chi connectivity index (χ4n) is 2.57. The monoisotopic (exact) mass is 286 g/mol. The van der Waals surface area contributed by atoms with Crippen molar-refractivity contribution in [2.45, 2.75) is 39.3 Å². The standard InChI is InChI=1S/C14H23ClN2S/c1-11-3-4-12(2)17(10-11)8-7-16-9-13-5-6-14(15)18-13/h5-6,11-12,16H,3-4,7-10H2,1-2H3. The van der Waals surface area contributed by atoms with Crippen LogP contribution in [0, 0.1) is 5.92 Å². The van der Waals surface area contributed by atoms with Crippen molar-refractivity contribution < 1.29 is 0 Å². The van der Waals surface area contributed by atoms with Crippen LogP contribution in [-0.2, 0) is 6.54 Å². The first-order valence-electron chi connectivity index (χ1n) is 6.84. The van der Waals surface area contributed by atoms with E-state index >= 15 is 0 Å². The van der Waals surface area contributed by atoms with Gasteiger partial charge in [0, 0.05) is 37.1 Å². The molecule has 0 radical (unpaired) electrons. The third kappa shape index (κ3) is 4.23. The summed E-state index contributed by atoms with van der Waals surface area (Å²) in [6.07, 6.45) is 2.74. The van der Waals surface area contributed by atoms with Gasteiger partial charge in [0.15, 0.2) is 0 Å². The van der Waals surface area contributed by atoms with Crippen molar-refractivity contribution in [2.75, 3.05) is 19.6 Å². The molecule has 1 N–H and O–H groups in total. The lowest BCUT2D eigenvalue weighted by molar-refractivity contribution is 0.126. The number of halogens is 1. The highest BCUT2D eigenvalue weighted by Crippen LogP contribution is 2.22. The molecule has 0 amide bonds. The Morgan fingerprint density at radius 1 is 1.39 bits per heavy atom. The maximum absolute atomic E-state index is 5.91. The van der Waals surface area contributed by atoms with Gasteiger partial charge in [-0.1, -0.05) is 18.5 Å². The number of likely N-dealkylation sites (tertiary alicyclic amines) is 1. The Morgan fingerprint density at radius 3 is 2.94 bits per heavy atom. The molecule has 2 unspecified atom stereocenters. The summed E-state index contributed by atoms with van der Waals surface area (Å²) < 4.78 is 0.880. The van der Waals surface area contributed by atoms with E-state index in [9.17, 15) is 0 Å². The molecule has 4 heteroatoms. The van der Waals surface area contributed by atoms with E-state index in [1.807, 2.05) is 6.07 Å². The predicted octanol–water partition coefficient (Wildman–Crippen LogP) is 3.61. The normalized spacial score (nSPS) is 25.5. The molecule has 2 atom stereocenters. The molecule has 0 spiro atoms. The van der Waals surface area contributed by atoms with Gasteiger partial charge in [-0.25, -0.2) is 0 Å². The van der Waals surface area contributed by atoms with E-state index in [0.29, 0.717) is 0 Å². The van der Waals surface area contributed by atoms with E-state index < -0.39 is 0 Å². The maximum Gasteiger partial charge on any atom is 0.0931 e. The predicted molar refractivity (Wildman–Crippen MR) is 80.5 cm³/mol. The van der Waals surface area contributed by atoms with Crippen LogP contribution in [0.25, 0.3) is 0 Å². The smallest absolute Gasteiger partial charge is 0.0931 e. The summed E-state index contributed by atoms with van der Waals surface area (Å²) in [4.78, 5) is 3.93.